The Hall–Kier alpha value is -2.20. The lowest BCUT2D eigenvalue weighted by molar-refractivity contribution is 1.35. The maximum absolute atomic E-state index is 4.68. The van der Waals surface area contributed by atoms with Gasteiger partial charge in [-0.3, -0.25) is 0 Å². The molecule has 4 heteroatoms. The largest absolute Gasteiger partial charge is 0.345 e. The summed E-state index contributed by atoms with van der Waals surface area (Å²) in [5, 5.41) is 1.04. The zero-order valence-electron chi connectivity index (χ0n) is 9.42. The van der Waals surface area contributed by atoms with Gasteiger partial charge in [-0.2, -0.15) is 0 Å². The molecule has 3 nitrogen and oxygen atoms in total. The fraction of sp³-hybridized carbons (Fsp3) is 0. The summed E-state index contributed by atoms with van der Waals surface area (Å²) in [5.41, 5.74) is 4.23. The molecule has 0 saturated carbocycles. The molecule has 0 fully saturated rings. The molecule has 1 N–H and O–H groups in total. The highest BCUT2D eigenvalue weighted by Crippen LogP contribution is 2.33. The standard InChI is InChI=1S/C14H9N3S/c1-2-4-9(5-3-1)14-17-11-7-6-10-12(13(11)18-14)16-8-15-10/h1-8H,(H,15,16). The second-order valence-corrected chi connectivity index (χ2v) is 5.10. The molecule has 0 saturated heterocycles. The number of hydrogen-bond donors (Lipinski definition) is 1. The highest BCUT2D eigenvalue weighted by molar-refractivity contribution is 7.22. The predicted molar refractivity (Wildman–Crippen MR) is 74.7 cm³/mol. The van der Waals surface area contributed by atoms with E-state index in [1.165, 1.54) is 0 Å². The van der Waals surface area contributed by atoms with E-state index >= 15 is 0 Å². The summed E-state index contributed by atoms with van der Waals surface area (Å²) in [6.45, 7) is 0. The van der Waals surface area contributed by atoms with Crippen LogP contribution in [0.25, 0.3) is 31.8 Å². The molecule has 2 aromatic carbocycles. The predicted octanol–water partition coefficient (Wildman–Crippen LogP) is 3.84. The van der Waals surface area contributed by atoms with Crippen LogP contribution in [0.15, 0.2) is 48.8 Å². The lowest BCUT2D eigenvalue weighted by atomic mass is 10.2. The van der Waals surface area contributed by atoms with E-state index in [-0.39, 0.29) is 0 Å². The zero-order valence-corrected chi connectivity index (χ0v) is 10.2. The molecule has 0 aliphatic rings. The summed E-state index contributed by atoms with van der Waals surface area (Å²) < 4.78 is 1.15. The Labute approximate surface area is 107 Å². The van der Waals surface area contributed by atoms with Gasteiger partial charge in [0.15, 0.2) is 0 Å². The second kappa shape index (κ2) is 3.65. The summed E-state index contributed by atoms with van der Waals surface area (Å²) in [6.07, 6.45) is 1.73. The van der Waals surface area contributed by atoms with E-state index in [0.29, 0.717) is 0 Å². The van der Waals surface area contributed by atoms with Crippen LogP contribution in [0.5, 0.6) is 0 Å². The SMILES string of the molecule is c1ccc(-c2nc3ccc4[nH]cnc4c3s2)cc1. The molecule has 18 heavy (non-hydrogen) atoms. The molecular weight excluding hydrogens is 242 g/mol. The third-order valence-electron chi connectivity index (χ3n) is 2.97. The number of thiazole rings is 1. The number of nitrogens with zero attached hydrogens (tertiary/aromatic N) is 2. The Morgan fingerprint density at radius 3 is 2.78 bits per heavy atom. The van der Waals surface area contributed by atoms with E-state index in [0.717, 1.165) is 31.8 Å². The van der Waals surface area contributed by atoms with Crippen LogP contribution in [0.2, 0.25) is 0 Å². The van der Waals surface area contributed by atoms with Crippen LogP contribution in [-0.2, 0) is 0 Å². The number of aromatic amines is 1. The molecule has 2 heterocycles. The Bertz CT molecular complexity index is 830. The molecule has 4 rings (SSSR count). The first-order valence-electron chi connectivity index (χ1n) is 5.70. The molecule has 0 bridgehead atoms. The zero-order chi connectivity index (χ0) is 11.9. The smallest absolute Gasteiger partial charge is 0.124 e. The number of hydrogen-bond acceptors (Lipinski definition) is 3. The Morgan fingerprint density at radius 1 is 1.00 bits per heavy atom. The molecule has 0 aliphatic heterocycles. The topological polar surface area (TPSA) is 41.6 Å². The van der Waals surface area contributed by atoms with Crippen LogP contribution < -0.4 is 0 Å². The summed E-state index contributed by atoms with van der Waals surface area (Å²) in [4.78, 5) is 12.2. The monoisotopic (exact) mass is 251 g/mol. The van der Waals surface area contributed by atoms with Gasteiger partial charge in [0.25, 0.3) is 0 Å². The van der Waals surface area contributed by atoms with Crippen LogP contribution >= 0.6 is 11.3 Å². The van der Waals surface area contributed by atoms with Gasteiger partial charge in [0.2, 0.25) is 0 Å². The summed E-state index contributed by atoms with van der Waals surface area (Å²) >= 11 is 1.69. The van der Waals surface area contributed by atoms with Crippen molar-refractivity contribution in [1.29, 1.82) is 0 Å². The van der Waals surface area contributed by atoms with Gasteiger partial charge in [-0.1, -0.05) is 30.3 Å². The molecule has 86 valence electrons. The van der Waals surface area contributed by atoms with Gasteiger partial charge in [0.05, 0.1) is 22.1 Å². The van der Waals surface area contributed by atoms with Crippen molar-refractivity contribution in [2.24, 2.45) is 0 Å². The fourth-order valence-corrected chi connectivity index (χ4v) is 3.16. The van der Waals surface area contributed by atoms with E-state index in [4.69, 9.17) is 0 Å². The average Bonchev–Trinajstić information content (AvgIpc) is 3.05. The van der Waals surface area contributed by atoms with Gasteiger partial charge < -0.3 is 4.98 Å². The molecule has 0 amide bonds. The van der Waals surface area contributed by atoms with Crippen molar-refractivity contribution in [3.63, 3.8) is 0 Å². The van der Waals surface area contributed by atoms with Crippen LogP contribution in [0, 0.1) is 0 Å². The highest BCUT2D eigenvalue weighted by atomic mass is 32.1. The number of aromatic nitrogens is 3. The van der Waals surface area contributed by atoms with Gasteiger partial charge >= 0.3 is 0 Å². The van der Waals surface area contributed by atoms with Crippen LogP contribution in [0.4, 0.5) is 0 Å². The first-order chi connectivity index (χ1) is 8.92. The van der Waals surface area contributed by atoms with Crippen LogP contribution in [0.1, 0.15) is 0 Å². The Balaban J connectivity index is 2.04. The lowest BCUT2D eigenvalue weighted by Gasteiger charge is -1.92. The summed E-state index contributed by atoms with van der Waals surface area (Å²) in [5.74, 6) is 0. The first-order valence-corrected chi connectivity index (χ1v) is 6.51. The average molecular weight is 251 g/mol. The quantitative estimate of drug-likeness (QED) is 0.558. The van der Waals surface area contributed by atoms with E-state index in [9.17, 15) is 0 Å². The van der Waals surface area contributed by atoms with Crippen LogP contribution in [-0.4, -0.2) is 15.0 Å². The van der Waals surface area contributed by atoms with E-state index in [1.54, 1.807) is 17.7 Å². The molecule has 0 unspecified atom stereocenters. The fourth-order valence-electron chi connectivity index (χ4n) is 2.09. The van der Waals surface area contributed by atoms with E-state index in [2.05, 4.69) is 27.1 Å². The lowest BCUT2D eigenvalue weighted by Crippen LogP contribution is -1.74. The van der Waals surface area contributed by atoms with E-state index < -0.39 is 0 Å². The maximum atomic E-state index is 4.68. The molecule has 2 aromatic heterocycles. The Morgan fingerprint density at radius 2 is 1.89 bits per heavy atom. The second-order valence-electron chi connectivity index (χ2n) is 4.10. The maximum Gasteiger partial charge on any atom is 0.124 e. The van der Waals surface area contributed by atoms with Gasteiger partial charge in [-0.05, 0) is 12.1 Å². The number of H-pyrrole nitrogens is 1. The van der Waals surface area contributed by atoms with Gasteiger partial charge in [0.1, 0.15) is 10.5 Å². The number of fused-ring (bicyclic) bond motifs is 3. The first kappa shape index (κ1) is 9.79. The number of imidazole rings is 1. The molecule has 4 aromatic rings. The Kier molecular flexibility index (Phi) is 1.98. The van der Waals surface area contributed by atoms with Crippen molar-refractivity contribution in [2.45, 2.75) is 0 Å². The minimum absolute atomic E-state index is 1.01. The summed E-state index contributed by atoms with van der Waals surface area (Å²) in [6, 6.07) is 14.3. The van der Waals surface area contributed by atoms with Gasteiger partial charge in [-0.25, -0.2) is 9.97 Å². The van der Waals surface area contributed by atoms with Gasteiger partial charge in [-0.15, -0.1) is 11.3 Å². The molecule has 0 aliphatic carbocycles. The van der Waals surface area contributed by atoms with E-state index in [1.807, 2.05) is 30.3 Å². The number of benzene rings is 2. The summed E-state index contributed by atoms with van der Waals surface area (Å²) in [7, 11) is 0. The normalized spacial score (nSPS) is 11.3. The minimum atomic E-state index is 1.01. The van der Waals surface area contributed by atoms with Crippen molar-refractivity contribution < 1.29 is 0 Å². The van der Waals surface area contributed by atoms with Crippen molar-refractivity contribution in [1.82, 2.24) is 15.0 Å². The molecule has 0 atom stereocenters. The van der Waals surface area contributed by atoms with Crippen molar-refractivity contribution >= 4 is 32.6 Å². The third-order valence-corrected chi connectivity index (χ3v) is 4.09. The van der Waals surface area contributed by atoms with Crippen molar-refractivity contribution in [3.8, 4) is 10.6 Å². The van der Waals surface area contributed by atoms with Crippen LogP contribution in [0.3, 0.4) is 0 Å². The minimum Gasteiger partial charge on any atom is -0.345 e. The molecular formula is C14H9N3S. The number of rotatable bonds is 1. The molecule has 0 radical (unpaired) electrons. The number of nitrogens with one attached hydrogen (secondary N) is 1. The third kappa shape index (κ3) is 1.36. The highest BCUT2D eigenvalue weighted by Gasteiger charge is 2.10. The molecule has 0 spiro atoms. The van der Waals surface area contributed by atoms with Crippen molar-refractivity contribution in [3.05, 3.63) is 48.8 Å². The van der Waals surface area contributed by atoms with Gasteiger partial charge in [0, 0.05) is 5.56 Å². The van der Waals surface area contributed by atoms with Crippen molar-refractivity contribution in [2.75, 3.05) is 0 Å².